The molecule has 2 aromatic rings. The van der Waals surface area contributed by atoms with Crippen molar-refractivity contribution in [3.63, 3.8) is 0 Å². The summed E-state index contributed by atoms with van der Waals surface area (Å²) in [5, 5.41) is 4.47. The summed E-state index contributed by atoms with van der Waals surface area (Å²) in [6, 6.07) is 3.93. The molecule has 0 spiro atoms. The minimum absolute atomic E-state index is 0.0602. The van der Waals surface area contributed by atoms with Crippen molar-refractivity contribution in [3.05, 3.63) is 29.7 Å². The van der Waals surface area contributed by atoms with Gasteiger partial charge < -0.3 is 10.5 Å². The lowest BCUT2D eigenvalue weighted by molar-refractivity contribution is 0.00961. The van der Waals surface area contributed by atoms with E-state index in [1.807, 2.05) is 18.3 Å². The first-order valence-corrected chi connectivity index (χ1v) is 6.04. The van der Waals surface area contributed by atoms with Gasteiger partial charge in [0.1, 0.15) is 6.10 Å². The summed E-state index contributed by atoms with van der Waals surface area (Å²) >= 11 is 0. The number of pyridine rings is 1. The number of aromatic nitrogens is 3. The lowest BCUT2D eigenvalue weighted by Gasteiger charge is -2.19. The predicted octanol–water partition coefficient (Wildman–Crippen LogP) is 1.43. The zero-order valence-electron chi connectivity index (χ0n) is 9.67. The van der Waals surface area contributed by atoms with Gasteiger partial charge in [0, 0.05) is 19.3 Å². The molecule has 0 amide bonds. The van der Waals surface area contributed by atoms with E-state index in [-0.39, 0.29) is 6.10 Å². The van der Waals surface area contributed by atoms with E-state index in [4.69, 9.17) is 10.5 Å². The lowest BCUT2D eigenvalue weighted by Crippen LogP contribution is -2.12. The van der Waals surface area contributed by atoms with E-state index >= 15 is 0 Å². The molecule has 0 saturated carbocycles. The largest absolute Gasteiger partial charge is 0.370 e. The Hall–Kier alpha value is -1.46. The van der Waals surface area contributed by atoms with Crippen LogP contribution < -0.4 is 5.73 Å². The van der Waals surface area contributed by atoms with Gasteiger partial charge in [-0.1, -0.05) is 6.07 Å². The van der Waals surface area contributed by atoms with Crippen molar-refractivity contribution in [1.82, 2.24) is 14.6 Å². The maximum Gasteiger partial charge on any atom is 0.180 e. The normalized spacial score (nSPS) is 20.9. The standard InChI is InChI=1S/C12H16N4O/c13-7-9-4-5-11-14-12(15-16(11)8-9)10-3-1-2-6-17-10/h4-5,8,10H,1-3,6-7,13H2. The molecule has 1 aliphatic heterocycles. The van der Waals surface area contributed by atoms with Crippen LogP contribution in [0.15, 0.2) is 18.3 Å². The van der Waals surface area contributed by atoms with Crippen LogP contribution in [0.5, 0.6) is 0 Å². The minimum atomic E-state index is 0.0602. The van der Waals surface area contributed by atoms with E-state index in [0.29, 0.717) is 6.54 Å². The summed E-state index contributed by atoms with van der Waals surface area (Å²) in [6.07, 6.45) is 5.33. The highest BCUT2D eigenvalue weighted by molar-refractivity contribution is 5.38. The quantitative estimate of drug-likeness (QED) is 0.850. The van der Waals surface area contributed by atoms with E-state index in [9.17, 15) is 0 Å². The van der Waals surface area contributed by atoms with Gasteiger partial charge in [-0.15, -0.1) is 5.10 Å². The Labute approximate surface area is 99.6 Å². The molecule has 1 unspecified atom stereocenters. The Bertz CT molecular complexity index is 516. The molecule has 90 valence electrons. The molecular formula is C12H16N4O. The number of hydrogen-bond acceptors (Lipinski definition) is 4. The van der Waals surface area contributed by atoms with Crippen LogP contribution in [0.2, 0.25) is 0 Å². The highest BCUT2D eigenvalue weighted by Crippen LogP contribution is 2.25. The highest BCUT2D eigenvalue weighted by atomic mass is 16.5. The molecule has 1 saturated heterocycles. The molecule has 3 heterocycles. The van der Waals surface area contributed by atoms with Crippen molar-refractivity contribution in [2.24, 2.45) is 5.73 Å². The average molecular weight is 232 g/mol. The van der Waals surface area contributed by atoms with Gasteiger partial charge in [0.05, 0.1) is 0 Å². The smallest absolute Gasteiger partial charge is 0.180 e. The van der Waals surface area contributed by atoms with Gasteiger partial charge in [0.25, 0.3) is 0 Å². The van der Waals surface area contributed by atoms with E-state index < -0.39 is 0 Å². The topological polar surface area (TPSA) is 65.4 Å². The maximum absolute atomic E-state index is 5.69. The maximum atomic E-state index is 5.69. The van der Waals surface area contributed by atoms with Crippen LogP contribution in [0.3, 0.4) is 0 Å². The Morgan fingerprint density at radius 3 is 3.12 bits per heavy atom. The summed E-state index contributed by atoms with van der Waals surface area (Å²) in [4.78, 5) is 4.50. The number of nitrogens with two attached hydrogens (primary N) is 1. The van der Waals surface area contributed by atoms with Gasteiger partial charge in [-0.3, -0.25) is 0 Å². The zero-order chi connectivity index (χ0) is 11.7. The molecule has 0 radical (unpaired) electrons. The Morgan fingerprint density at radius 1 is 1.41 bits per heavy atom. The Kier molecular flexibility index (Phi) is 2.78. The fourth-order valence-corrected chi connectivity index (χ4v) is 2.14. The molecule has 0 aliphatic carbocycles. The third kappa shape index (κ3) is 2.03. The van der Waals surface area contributed by atoms with Gasteiger partial charge in [0.15, 0.2) is 11.5 Å². The van der Waals surface area contributed by atoms with E-state index in [1.165, 1.54) is 6.42 Å². The van der Waals surface area contributed by atoms with Gasteiger partial charge >= 0.3 is 0 Å². The first-order valence-electron chi connectivity index (χ1n) is 6.04. The molecule has 3 rings (SSSR count). The number of fused-ring (bicyclic) bond motifs is 1. The summed E-state index contributed by atoms with van der Waals surface area (Å²) in [5.74, 6) is 0.791. The van der Waals surface area contributed by atoms with Crippen molar-refractivity contribution in [3.8, 4) is 0 Å². The number of nitrogens with zero attached hydrogens (tertiary/aromatic N) is 3. The monoisotopic (exact) mass is 232 g/mol. The molecule has 5 nitrogen and oxygen atoms in total. The van der Waals surface area contributed by atoms with Crippen LogP contribution in [-0.2, 0) is 11.3 Å². The summed E-state index contributed by atoms with van der Waals surface area (Å²) in [5.41, 5.74) is 7.51. The van der Waals surface area contributed by atoms with Crippen LogP contribution in [0.1, 0.15) is 36.8 Å². The van der Waals surface area contributed by atoms with Gasteiger partial charge in [-0.2, -0.15) is 0 Å². The summed E-state index contributed by atoms with van der Waals surface area (Å²) < 4.78 is 7.47. The van der Waals surface area contributed by atoms with Gasteiger partial charge in [-0.25, -0.2) is 9.50 Å². The first kappa shape index (κ1) is 10.7. The lowest BCUT2D eigenvalue weighted by atomic mass is 10.1. The third-order valence-corrected chi connectivity index (χ3v) is 3.11. The van der Waals surface area contributed by atoms with E-state index in [0.717, 1.165) is 36.5 Å². The first-order chi connectivity index (χ1) is 8.36. The summed E-state index contributed by atoms with van der Waals surface area (Å²) in [7, 11) is 0. The third-order valence-electron chi connectivity index (χ3n) is 3.11. The fourth-order valence-electron chi connectivity index (χ4n) is 2.14. The molecule has 2 aromatic heterocycles. The zero-order valence-corrected chi connectivity index (χ0v) is 9.67. The minimum Gasteiger partial charge on any atom is -0.370 e. The van der Waals surface area contributed by atoms with E-state index in [2.05, 4.69) is 10.1 Å². The second kappa shape index (κ2) is 4.43. The average Bonchev–Trinajstić information content (AvgIpc) is 2.82. The van der Waals surface area contributed by atoms with Crippen molar-refractivity contribution < 1.29 is 4.74 Å². The molecule has 0 bridgehead atoms. The Balaban J connectivity index is 1.95. The van der Waals surface area contributed by atoms with Gasteiger partial charge in [-0.05, 0) is 30.9 Å². The molecule has 1 fully saturated rings. The van der Waals surface area contributed by atoms with Crippen LogP contribution in [0.4, 0.5) is 0 Å². The number of ether oxygens (including phenoxy) is 1. The summed E-state index contributed by atoms with van der Waals surface area (Å²) in [6.45, 7) is 1.33. The molecule has 1 atom stereocenters. The van der Waals surface area contributed by atoms with Gasteiger partial charge in [0.2, 0.25) is 0 Å². The van der Waals surface area contributed by atoms with Crippen molar-refractivity contribution in [2.75, 3.05) is 6.61 Å². The molecule has 0 aromatic carbocycles. The molecule has 1 aliphatic rings. The highest BCUT2D eigenvalue weighted by Gasteiger charge is 2.20. The number of rotatable bonds is 2. The second-order valence-electron chi connectivity index (χ2n) is 4.37. The van der Waals surface area contributed by atoms with E-state index in [1.54, 1.807) is 4.52 Å². The number of hydrogen-bond donors (Lipinski definition) is 1. The molecular weight excluding hydrogens is 216 g/mol. The molecule has 17 heavy (non-hydrogen) atoms. The molecule has 5 heteroatoms. The van der Waals surface area contributed by atoms with Crippen molar-refractivity contribution in [1.29, 1.82) is 0 Å². The van der Waals surface area contributed by atoms with Crippen LogP contribution in [0.25, 0.3) is 5.65 Å². The second-order valence-corrected chi connectivity index (χ2v) is 4.37. The molecule has 2 N–H and O–H groups in total. The van der Waals surface area contributed by atoms with Crippen molar-refractivity contribution >= 4 is 5.65 Å². The fraction of sp³-hybridized carbons (Fsp3) is 0.500. The van der Waals surface area contributed by atoms with Crippen molar-refractivity contribution in [2.45, 2.75) is 31.9 Å². The Morgan fingerprint density at radius 2 is 2.35 bits per heavy atom. The predicted molar refractivity (Wildman–Crippen MR) is 63.4 cm³/mol. The van der Waals surface area contributed by atoms with Crippen LogP contribution in [0, 0.1) is 0 Å². The van der Waals surface area contributed by atoms with Crippen LogP contribution >= 0.6 is 0 Å². The SMILES string of the molecule is NCc1ccc2nc(C3CCCCO3)nn2c1. The van der Waals surface area contributed by atoms with Crippen LogP contribution in [-0.4, -0.2) is 21.2 Å².